The molecule has 1 N–H and O–H groups in total. The third-order valence-corrected chi connectivity index (χ3v) is 5.47. The second kappa shape index (κ2) is 6.44. The van der Waals surface area contributed by atoms with E-state index in [0.29, 0.717) is 19.4 Å². The molecule has 1 heterocycles. The van der Waals surface area contributed by atoms with Crippen LogP contribution in [0.1, 0.15) is 18.9 Å². The number of hydrogen-bond donors (Lipinski definition) is 1. The summed E-state index contributed by atoms with van der Waals surface area (Å²) in [5.74, 6) is -2.31. The summed E-state index contributed by atoms with van der Waals surface area (Å²) in [5.41, 5.74) is 1.71. The van der Waals surface area contributed by atoms with E-state index in [-0.39, 0.29) is 11.6 Å². The summed E-state index contributed by atoms with van der Waals surface area (Å²) in [4.78, 5) is 12.5. The van der Waals surface area contributed by atoms with Gasteiger partial charge in [-0.05, 0) is 49.2 Å². The number of halogens is 2. The Morgan fingerprint density at radius 3 is 2.44 bits per heavy atom. The minimum atomic E-state index is -4.41. The second-order valence-corrected chi connectivity index (χ2v) is 7.26. The van der Waals surface area contributed by atoms with Crippen molar-refractivity contribution in [2.24, 2.45) is 0 Å². The van der Waals surface area contributed by atoms with Gasteiger partial charge in [-0.1, -0.05) is 6.07 Å². The van der Waals surface area contributed by atoms with Crippen molar-refractivity contribution in [3.05, 3.63) is 53.6 Å². The van der Waals surface area contributed by atoms with E-state index in [2.05, 4.69) is 4.72 Å². The van der Waals surface area contributed by atoms with Crippen LogP contribution in [0.5, 0.6) is 0 Å². The van der Waals surface area contributed by atoms with E-state index in [4.69, 9.17) is 0 Å². The van der Waals surface area contributed by atoms with Crippen molar-refractivity contribution in [1.29, 1.82) is 0 Å². The molecule has 0 unspecified atom stereocenters. The minimum Gasteiger partial charge on any atom is -0.312 e. The van der Waals surface area contributed by atoms with Gasteiger partial charge in [-0.15, -0.1) is 0 Å². The molecule has 0 aromatic heterocycles. The van der Waals surface area contributed by atoms with E-state index >= 15 is 0 Å². The van der Waals surface area contributed by atoms with Crippen LogP contribution < -0.4 is 9.62 Å². The largest absolute Gasteiger partial charge is 0.312 e. The van der Waals surface area contributed by atoms with Crippen LogP contribution in [0.3, 0.4) is 0 Å². The van der Waals surface area contributed by atoms with E-state index in [1.165, 1.54) is 6.07 Å². The second-order valence-electron chi connectivity index (χ2n) is 5.64. The highest BCUT2D eigenvalue weighted by Crippen LogP contribution is 2.31. The Bertz CT molecular complexity index is 925. The summed E-state index contributed by atoms with van der Waals surface area (Å²) in [6.07, 6.45) is 0.813. The molecule has 8 heteroatoms. The van der Waals surface area contributed by atoms with Gasteiger partial charge < -0.3 is 4.90 Å². The normalized spacial score (nSPS) is 14.4. The maximum Gasteiger partial charge on any atom is 0.267 e. The van der Waals surface area contributed by atoms with Gasteiger partial charge in [0.05, 0.1) is 0 Å². The van der Waals surface area contributed by atoms with Gasteiger partial charge in [-0.2, -0.15) is 0 Å². The number of aryl methyl sites for hydroxylation is 1. The number of nitrogens with one attached hydrogen (secondary N) is 1. The van der Waals surface area contributed by atoms with Crippen LogP contribution in [0.4, 0.5) is 20.2 Å². The molecule has 0 radical (unpaired) electrons. The van der Waals surface area contributed by atoms with Crippen LogP contribution >= 0.6 is 0 Å². The first-order chi connectivity index (χ1) is 11.8. The third kappa shape index (κ3) is 3.21. The lowest BCUT2D eigenvalue weighted by atomic mass is 10.0. The van der Waals surface area contributed by atoms with Gasteiger partial charge in [-0.3, -0.25) is 9.52 Å². The van der Waals surface area contributed by atoms with Crippen molar-refractivity contribution >= 4 is 27.3 Å². The number of carbonyl (C=O) groups excluding carboxylic acids is 1. The Balaban J connectivity index is 1.95. The molecular formula is C17H16F2N2O3S. The molecule has 0 aliphatic carbocycles. The number of benzene rings is 2. The predicted molar refractivity (Wildman–Crippen MR) is 90.0 cm³/mol. The number of carbonyl (C=O) groups is 1. The van der Waals surface area contributed by atoms with Gasteiger partial charge >= 0.3 is 0 Å². The summed E-state index contributed by atoms with van der Waals surface area (Å²) in [6.45, 7) is 2.36. The SMILES string of the molecule is CCN1C(=O)CCc2cc(NS(=O)(=O)c3c(F)cccc3F)ccc21. The molecule has 132 valence electrons. The van der Waals surface area contributed by atoms with Gasteiger partial charge in [0.1, 0.15) is 11.6 Å². The number of amides is 1. The van der Waals surface area contributed by atoms with Crippen molar-refractivity contribution in [2.75, 3.05) is 16.2 Å². The molecule has 1 aliphatic heterocycles. The molecule has 2 aromatic carbocycles. The number of fused-ring (bicyclic) bond motifs is 1. The van der Waals surface area contributed by atoms with Gasteiger partial charge in [0, 0.05) is 24.3 Å². The van der Waals surface area contributed by atoms with E-state index in [9.17, 15) is 22.0 Å². The fourth-order valence-corrected chi connectivity index (χ4v) is 4.10. The molecule has 5 nitrogen and oxygen atoms in total. The lowest BCUT2D eigenvalue weighted by molar-refractivity contribution is -0.118. The quantitative estimate of drug-likeness (QED) is 0.904. The summed E-state index contributed by atoms with van der Waals surface area (Å²) < 4.78 is 54.4. The molecule has 3 rings (SSSR count). The molecule has 0 bridgehead atoms. The Kier molecular flexibility index (Phi) is 4.47. The van der Waals surface area contributed by atoms with Gasteiger partial charge in [-0.25, -0.2) is 17.2 Å². The van der Waals surface area contributed by atoms with E-state index in [0.717, 1.165) is 29.4 Å². The van der Waals surface area contributed by atoms with Gasteiger partial charge in [0.2, 0.25) is 5.91 Å². The van der Waals surface area contributed by atoms with Crippen molar-refractivity contribution in [3.63, 3.8) is 0 Å². The highest BCUT2D eigenvalue weighted by molar-refractivity contribution is 7.92. The van der Waals surface area contributed by atoms with Crippen LogP contribution in [-0.2, 0) is 21.2 Å². The molecule has 0 saturated carbocycles. The van der Waals surface area contributed by atoms with Crippen LogP contribution in [0, 0.1) is 11.6 Å². The van der Waals surface area contributed by atoms with Crippen molar-refractivity contribution < 1.29 is 22.0 Å². The summed E-state index contributed by atoms with van der Waals surface area (Å²) in [7, 11) is -4.41. The Morgan fingerprint density at radius 2 is 1.80 bits per heavy atom. The fourth-order valence-electron chi connectivity index (χ4n) is 2.92. The predicted octanol–water partition coefficient (Wildman–Crippen LogP) is 3.06. The molecule has 0 fully saturated rings. The number of sulfonamides is 1. The monoisotopic (exact) mass is 366 g/mol. The first-order valence-electron chi connectivity index (χ1n) is 7.73. The van der Waals surface area contributed by atoms with Crippen LogP contribution in [-0.4, -0.2) is 20.9 Å². The molecule has 1 amide bonds. The molecule has 0 spiro atoms. The zero-order chi connectivity index (χ0) is 18.2. The lowest BCUT2D eigenvalue weighted by Crippen LogP contribution is -2.34. The maximum atomic E-state index is 13.8. The smallest absolute Gasteiger partial charge is 0.267 e. The molecular weight excluding hydrogens is 350 g/mol. The van der Waals surface area contributed by atoms with Crippen LogP contribution in [0.25, 0.3) is 0 Å². The average Bonchev–Trinajstić information content (AvgIpc) is 2.54. The first-order valence-corrected chi connectivity index (χ1v) is 9.22. The van der Waals surface area contributed by atoms with Crippen LogP contribution in [0.2, 0.25) is 0 Å². The van der Waals surface area contributed by atoms with Crippen LogP contribution in [0.15, 0.2) is 41.3 Å². The summed E-state index contributed by atoms with van der Waals surface area (Å²) in [5, 5.41) is 0. The first kappa shape index (κ1) is 17.3. The number of nitrogens with zero attached hydrogens (tertiary/aromatic N) is 1. The van der Waals surface area contributed by atoms with E-state index in [1.54, 1.807) is 17.0 Å². The highest BCUT2D eigenvalue weighted by Gasteiger charge is 2.26. The summed E-state index contributed by atoms with van der Waals surface area (Å²) in [6, 6.07) is 7.55. The van der Waals surface area contributed by atoms with E-state index < -0.39 is 26.6 Å². The molecule has 25 heavy (non-hydrogen) atoms. The minimum absolute atomic E-state index is 0.0109. The molecule has 0 atom stereocenters. The average molecular weight is 366 g/mol. The zero-order valence-corrected chi connectivity index (χ0v) is 14.2. The number of anilines is 2. The van der Waals surface area contributed by atoms with Crippen molar-refractivity contribution in [2.45, 2.75) is 24.7 Å². The molecule has 0 saturated heterocycles. The Labute approximate surface area is 144 Å². The number of hydrogen-bond acceptors (Lipinski definition) is 3. The third-order valence-electron chi connectivity index (χ3n) is 4.04. The highest BCUT2D eigenvalue weighted by atomic mass is 32.2. The van der Waals surface area contributed by atoms with Gasteiger partial charge in [0.15, 0.2) is 4.90 Å². The van der Waals surface area contributed by atoms with Crippen molar-refractivity contribution in [1.82, 2.24) is 0 Å². The number of rotatable bonds is 4. The topological polar surface area (TPSA) is 66.5 Å². The lowest BCUT2D eigenvalue weighted by Gasteiger charge is -2.28. The Morgan fingerprint density at radius 1 is 1.12 bits per heavy atom. The standard InChI is InChI=1S/C17H16F2N2O3S/c1-2-21-15-8-7-12(10-11(15)6-9-16(21)22)20-25(23,24)17-13(18)4-3-5-14(17)19/h3-5,7-8,10,20H,2,6,9H2,1H3. The summed E-state index contributed by atoms with van der Waals surface area (Å²) >= 11 is 0. The Hall–Kier alpha value is -2.48. The molecule has 2 aromatic rings. The van der Waals surface area contributed by atoms with E-state index in [1.807, 2.05) is 6.92 Å². The maximum absolute atomic E-state index is 13.8. The fraction of sp³-hybridized carbons (Fsp3) is 0.235. The van der Waals surface area contributed by atoms with Crippen molar-refractivity contribution in [3.8, 4) is 0 Å². The zero-order valence-electron chi connectivity index (χ0n) is 13.4. The van der Waals surface area contributed by atoms with Gasteiger partial charge in [0.25, 0.3) is 10.0 Å². The molecule has 1 aliphatic rings.